The molecule has 142 valence electrons. The number of carboxylic acids is 1. The molecule has 0 saturated carbocycles. The molecule has 0 aliphatic carbocycles. The number of amides is 2. The van der Waals surface area contributed by atoms with Crippen molar-refractivity contribution in [1.29, 1.82) is 0 Å². The van der Waals surface area contributed by atoms with E-state index in [0.717, 1.165) is 0 Å². The van der Waals surface area contributed by atoms with Gasteiger partial charge >= 0.3 is 5.97 Å². The van der Waals surface area contributed by atoms with Crippen molar-refractivity contribution in [3.05, 3.63) is 65.7 Å². The van der Waals surface area contributed by atoms with E-state index in [2.05, 4.69) is 10.6 Å². The summed E-state index contributed by atoms with van der Waals surface area (Å²) in [6.07, 6.45) is 4.96. The van der Waals surface area contributed by atoms with Crippen LogP contribution < -0.4 is 10.6 Å². The van der Waals surface area contributed by atoms with Crippen LogP contribution in [0.4, 0.5) is 0 Å². The molecule has 3 N–H and O–H groups in total. The van der Waals surface area contributed by atoms with Crippen LogP contribution in [-0.4, -0.2) is 29.4 Å². The summed E-state index contributed by atoms with van der Waals surface area (Å²) in [5, 5.41) is 13.9. The quantitative estimate of drug-likeness (QED) is 0.440. The fourth-order valence-corrected chi connectivity index (χ4v) is 2.33. The van der Waals surface area contributed by atoms with Gasteiger partial charge < -0.3 is 20.2 Å². The Hall–Kier alpha value is -3.35. The van der Waals surface area contributed by atoms with Gasteiger partial charge in [0.05, 0.1) is 6.26 Å². The van der Waals surface area contributed by atoms with E-state index in [1.807, 2.05) is 0 Å². The lowest BCUT2D eigenvalue weighted by Crippen LogP contribution is -2.35. The molecule has 0 unspecified atom stereocenters. The lowest BCUT2D eigenvalue weighted by molar-refractivity contribution is -0.137. The summed E-state index contributed by atoms with van der Waals surface area (Å²) in [5.74, 6) is -1.22. The number of hydrogen-bond acceptors (Lipinski definition) is 4. The van der Waals surface area contributed by atoms with E-state index >= 15 is 0 Å². The van der Waals surface area contributed by atoms with Crippen LogP contribution in [0.3, 0.4) is 0 Å². The molecule has 1 heterocycles. The molecule has 0 bridgehead atoms. The second kappa shape index (κ2) is 10.6. The predicted octanol–water partition coefficient (Wildman–Crippen LogP) is 2.81. The highest BCUT2D eigenvalue weighted by atomic mass is 16.4. The van der Waals surface area contributed by atoms with Gasteiger partial charge in [-0.05, 0) is 37.1 Å². The van der Waals surface area contributed by atoms with Gasteiger partial charge in [0.15, 0.2) is 0 Å². The van der Waals surface area contributed by atoms with Crippen LogP contribution in [0.25, 0.3) is 6.08 Å². The summed E-state index contributed by atoms with van der Waals surface area (Å²) < 4.78 is 5.22. The van der Waals surface area contributed by atoms with Gasteiger partial charge in [-0.25, -0.2) is 0 Å². The van der Waals surface area contributed by atoms with Crippen LogP contribution >= 0.6 is 0 Å². The molecule has 0 fully saturated rings. The van der Waals surface area contributed by atoms with Gasteiger partial charge in [-0.1, -0.05) is 24.6 Å². The molecular weight excluding hydrogens is 348 g/mol. The highest BCUT2D eigenvalue weighted by molar-refractivity contribution is 6.05. The molecule has 2 rings (SSSR count). The average molecular weight is 370 g/mol. The molecule has 0 atom stereocenters. The normalized spacial score (nSPS) is 11.0. The van der Waals surface area contributed by atoms with Crippen LogP contribution in [0, 0.1) is 0 Å². The molecule has 1 aromatic heterocycles. The van der Waals surface area contributed by atoms with Gasteiger partial charge in [-0.2, -0.15) is 0 Å². The fourth-order valence-electron chi connectivity index (χ4n) is 2.33. The Morgan fingerprint density at radius 3 is 2.44 bits per heavy atom. The maximum atomic E-state index is 12.4. The minimum Gasteiger partial charge on any atom is -0.481 e. The Morgan fingerprint density at radius 2 is 1.78 bits per heavy atom. The minimum absolute atomic E-state index is 0.0735. The van der Waals surface area contributed by atoms with E-state index in [-0.39, 0.29) is 12.1 Å². The average Bonchev–Trinajstić information content (AvgIpc) is 3.17. The number of carboxylic acid groups (broad SMARTS) is 1. The number of nitrogens with one attached hydrogen (secondary N) is 2. The Balaban J connectivity index is 1.95. The summed E-state index contributed by atoms with van der Waals surface area (Å²) >= 11 is 0. The van der Waals surface area contributed by atoms with Crippen molar-refractivity contribution < 1.29 is 23.9 Å². The predicted molar refractivity (Wildman–Crippen MR) is 99.7 cm³/mol. The van der Waals surface area contributed by atoms with Gasteiger partial charge in [0.2, 0.25) is 0 Å². The lowest BCUT2D eigenvalue weighted by atomic mass is 10.2. The van der Waals surface area contributed by atoms with E-state index in [0.29, 0.717) is 37.1 Å². The Morgan fingerprint density at radius 1 is 1.00 bits per heavy atom. The van der Waals surface area contributed by atoms with E-state index in [1.165, 1.54) is 12.3 Å². The van der Waals surface area contributed by atoms with E-state index in [9.17, 15) is 14.4 Å². The standard InChI is InChI=1S/C20H22N2O5/c23-18(24)11-5-2-6-12-21-20(26)17(14-16-10-7-13-27-16)22-19(25)15-8-3-1-4-9-15/h1,3-4,7-10,13-14H,2,5-6,11-12H2,(H,21,26)(H,22,25)(H,23,24)/b17-14+. The number of hydrogen-bond donors (Lipinski definition) is 3. The van der Waals surface area contributed by atoms with Crippen molar-refractivity contribution in [1.82, 2.24) is 10.6 Å². The first kappa shape index (κ1) is 20.0. The number of furan rings is 1. The van der Waals surface area contributed by atoms with Crippen molar-refractivity contribution >= 4 is 23.9 Å². The maximum Gasteiger partial charge on any atom is 0.303 e. The van der Waals surface area contributed by atoms with Gasteiger partial charge in [-0.3, -0.25) is 14.4 Å². The smallest absolute Gasteiger partial charge is 0.303 e. The molecule has 0 aliphatic rings. The zero-order valence-corrected chi connectivity index (χ0v) is 14.8. The van der Waals surface area contributed by atoms with Crippen LogP contribution in [0.2, 0.25) is 0 Å². The van der Waals surface area contributed by atoms with Crippen LogP contribution in [0.15, 0.2) is 58.8 Å². The summed E-state index contributed by atoms with van der Waals surface area (Å²) in [6, 6.07) is 11.9. The van der Waals surface area contributed by atoms with Gasteiger partial charge in [0.1, 0.15) is 11.5 Å². The SMILES string of the molecule is O=C(O)CCCCCNC(=O)/C(=C\c1ccco1)NC(=O)c1ccccc1. The van der Waals surface area contributed by atoms with Crippen molar-refractivity contribution in [3.8, 4) is 0 Å². The third kappa shape index (κ3) is 7.19. The molecule has 0 radical (unpaired) electrons. The maximum absolute atomic E-state index is 12.4. The van der Waals surface area contributed by atoms with Crippen molar-refractivity contribution in [3.63, 3.8) is 0 Å². The van der Waals surface area contributed by atoms with Crippen LogP contribution in [-0.2, 0) is 9.59 Å². The van der Waals surface area contributed by atoms with Crippen LogP contribution in [0.5, 0.6) is 0 Å². The van der Waals surface area contributed by atoms with E-state index < -0.39 is 17.8 Å². The largest absolute Gasteiger partial charge is 0.481 e. The first-order valence-electron chi connectivity index (χ1n) is 8.68. The summed E-state index contributed by atoms with van der Waals surface area (Å²) in [4.78, 5) is 35.3. The first-order chi connectivity index (χ1) is 13.1. The molecule has 27 heavy (non-hydrogen) atoms. The second-order valence-corrected chi connectivity index (χ2v) is 5.85. The van der Waals surface area contributed by atoms with Gasteiger partial charge in [-0.15, -0.1) is 0 Å². The first-order valence-corrected chi connectivity index (χ1v) is 8.68. The molecule has 7 nitrogen and oxygen atoms in total. The van der Waals surface area contributed by atoms with Crippen molar-refractivity contribution in [2.75, 3.05) is 6.54 Å². The topological polar surface area (TPSA) is 109 Å². The molecule has 0 saturated heterocycles. The molecule has 2 aromatic rings. The Bertz CT molecular complexity index is 782. The molecule has 7 heteroatoms. The number of carbonyl (C=O) groups is 3. The molecule has 0 spiro atoms. The van der Waals surface area contributed by atoms with Crippen molar-refractivity contribution in [2.45, 2.75) is 25.7 Å². The number of benzene rings is 1. The third-order valence-corrected chi connectivity index (χ3v) is 3.71. The highest BCUT2D eigenvalue weighted by Gasteiger charge is 2.14. The zero-order chi connectivity index (χ0) is 19.5. The van der Waals surface area contributed by atoms with Gasteiger partial charge in [0.25, 0.3) is 11.8 Å². The number of rotatable bonds is 10. The highest BCUT2D eigenvalue weighted by Crippen LogP contribution is 2.08. The van der Waals surface area contributed by atoms with E-state index in [4.69, 9.17) is 9.52 Å². The van der Waals surface area contributed by atoms with Crippen molar-refractivity contribution in [2.24, 2.45) is 0 Å². The third-order valence-electron chi connectivity index (χ3n) is 3.71. The Kier molecular flexibility index (Phi) is 7.84. The molecule has 0 aliphatic heterocycles. The number of aliphatic carboxylic acids is 1. The molecular formula is C20H22N2O5. The summed E-state index contributed by atoms with van der Waals surface area (Å²) in [6.45, 7) is 0.384. The zero-order valence-electron chi connectivity index (χ0n) is 14.8. The number of unbranched alkanes of at least 4 members (excludes halogenated alkanes) is 2. The van der Waals surface area contributed by atoms with E-state index in [1.54, 1.807) is 42.5 Å². The summed E-state index contributed by atoms with van der Waals surface area (Å²) in [7, 11) is 0. The fraction of sp³-hybridized carbons (Fsp3) is 0.250. The second-order valence-electron chi connectivity index (χ2n) is 5.85. The lowest BCUT2D eigenvalue weighted by Gasteiger charge is -2.10. The molecule has 2 amide bonds. The monoisotopic (exact) mass is 370 g/mol. The molecule has 1 aromatic carbocycles. The summed E-state index contributed by atoms with van der Waals surface area (Å²) in [5.41, 5.74) is 0.508. The minimum atomic E-state index is -0.827. The van der Waals surface area contributed by atoms with Gasteiger partial charge in [0, 0.05) is 24.6 Å². The Labute approximate surface area is 157 Å². The number of carbonyl (C=O) groups excluding carboxylic acids is 2. The van der Waals surface area contributed by atoms with Crippen LogP contribution in [0.1, 0.15) is 41.8 Å².